The van der Waals surface area contributed by atoms with Gasteiger partial charge in [0.25, 0.3) is 0 Å². The summed E-state index contributed by atoms with van der Waals surface area (Å²) in [5, 5.41) is 2.95. The van der Waals surface area contributed by atoms with Gasteiger partial charge in [0.2, 0.25) is 21.7 Å². The molecule has 6 heterocycles. The second-order valence-electron chi connectivity index (χ2n) is 15.2. The number of nitrogens with zero attached hydrogens (tertiary/aromatic N) is 7. The van der Waals surface area contributed by atoms with Crippen molar-refractivity contribution in [1.82, 2.24) is 39.5 Å². The van der Waals surface area contributed by atoms with E-state index in [1.54, 1.807) is 31.2 Å². The zero-order chi connectivity index (χ0) is 46.6. The van der Waals surface area contributed by atoms with Crippen LogP contribution in [0.3, 0.4) is 0 Å². The van der Waals surface area contributed by atoms with Crippen LogP contribution in [-0.4, -0.2) is 90.7 Å². The van der Waals surface area contributed by atoms with Gasteiger partial charge in [-0.15, -0.1) is 12.4 Å². The lowest BCUT2D eigenvalue weighted by Crippen LogP contribution is -2.44. The van der Waals surface area contributed by atoms with Crippen LogP contribution in [0.4, 0.5) is 39.5 Å². The van der Waals surface area contributed by atoms with E-state index in [1.165, 1.54) is 19.3 Å². The van der Waals surface area contributed by atoms with Gasteiger partial charge in [-0.3, -0.25) is 19.6 Å². The maximum atomic E-state index is 14.6. The van der Waals surface area contributed by atoms with Gasteiger partial charge in [-0.05, 0) is 86.3 Å². The number of ketones is 2. The largest absolute Gasteiger partial charge is 0.451 e. The van der Waals surface area contributed by atoms with Crippen molar-refractivity contribution in [3.8, 4) is 22.5 Å². The van der Waals surface area contributed by atoms with Crippen LogP contribution in [0.15, 0.2) is 90.6 Å². The van der Waals surface area contributed by atoms with Crippen molar-refractivity contribution >= 4 is 34.0 Å². The molecule has 1 aromatic carbocycles. The molecule has 2 saturated heterocycles. The Labute approximate surface area is 373 Å². The Morgan fingerprint density at radius 2 is 1.15 bits per heavy atom. The second kappa shape index (κ2) is 20.8. The lowest BCUT2D eigenvalue weighted by atomic mass is 10.0. The van der Waals surface area contributed by atoms with Gasteiger partial charge in [-0.1, -0.05) is 0 Å². The summed E-state index contributed by atoms with van der Waals surface area (Å²) in [7, 11) is -4.27. The molecule has 12 nitrogen and oxygen atoms in total. The van der Waals surface area contributed by atoms with E-state index in [1.807, 2.05) is 0 Å². The molecular weight excluding hydrogens is 919 g/mol. The number of hydrogen-bond donors (Lipinski definition) is 1. The molecule has 348 valence electrons. The van der Waals surface area contributed by atoms with Crippen molar-refractivity contribution < 1.29 is 57.5 Å². The molecule has 1 N–H and O–H groups in total. The Hall–Kier alpha value is -5.45. The number of nitrogens with one attached hydrogen (secondary N) is 1. The maximum Gasteiger partial charge on any atom is 0.451 e. The summed E-state index contributed by atoms with van der Waals surface area (Å²) in [5.41, 5.74) is 2.71. The number of halogens is 10. The van der Waals surface area contributed by atoms with Crippen LogP contribution < -0.4 is 5.32 Å². The van der Waals surface area contributed by atoms with Crippen molar-refractivity contribution in [3.63, 3.8) is 0 Å². The van der Waals surface area contributed by atoms with Gasteiger partial charge in [-0.2, -0.15) is 30.6 Å². The lowest BCUT2D eigenvalue weighted by Gasteiger charge is -2.26. The molecule has 5 aromatic rings. The SMILES string of the molecule is C[C@@H]1N[C@H](C(=O)CCc2ccnc(-c3cnc(C(F)(F)F)nc3)c2)C[C@H]1F.C[C@H]1[C@H](F)C[C@@H](C(=O)CCc2ccnc(-c3cnc(C(F)(F)F)nc3)c2)N1S(=O)(=O)c1ccc(F)cc1.Cl. The molecule has 6 atom stereocenters. The molecule has 2 aliphatic heterocycles. The van der Waals surface area contributed by atoms with Gasteiger partial charge in [0.05, 0.1) is 34.4 Å². The smallest absolute Gasteiger partial charge is 0.302 e. The third kappa shape index (κ3) is 12.5. The standard InChI is InChI=1S/C24H21F5N4O3S.C18H18F4N4O.ClH/c1-14-19(26)11-21(33(14)37(35,36)18-5-3-17(25)4-6-18)22(34)7-2-15-8-9-30-20(10-15)16-12-31-23(32-13-16)24(27,28)29;1-10-13(19)7-15(26-10)16(27)3-2-11-4-5-23-14(6-11)12-8-24-17(25-9-12)18(20,21)22;/h3-6,8-10,12-14,19,21H,2,7,11H2,1H3;4-6,8-10,13,15,26H,2-3,7H2,1H3;1H/t14-,19+,21-;10-,13+,15-;/m00./s1. The van der Waals surface area contributed by atoms with Crippen LogP contribution in [0.2, 0.25) is 0 Å². The van der Waals surface area contributed by atoms with E-state index in [0.717, 1.165) is 58.9 Å². The van der Waals surface area contributed by atoms with Gasteiger partial charge >= 0.3 is 12.4 Å². The minimum absolute atomic E-state index is 0. The highest BCUT2D eigenvalue weighted by Gasteiger charge is 2.48. The van der Waals surface area contributed by atoms with Crippen LogP contribution in [0, 0.1) is 5.82 Å². The molecule has 0 spiro atoms. The van der Waals surface area contributed by atoms with E-state index in [2.05, 4.69) is 35.2 Å². The van der Waals surface area contributed by atoms with Crippen molar-refractivity contribution in [1.29, 1.82) is 0 Å². The minimum Gasteiger partial charge on any atom is -0.302 e. The van der Waals surface area contributed by atoms with Crippen LogP contribution in [0.5, 0.6) is 0 Å². The molecule has 2 fully saturated rings. The number of carbonyl (C=O) groups is 2. The first-order valence-corrected chi connectivity index (χ1v) is 21.1. The Kier molecular flexibility index (Phi) is 16.2. The Morgan fingerprint density at radius 3 is 1.58 bits per heavy atom. The summed E-state index contributed by atoms with van der Waals surface area (Å²) in [4.78, 5) is 46.5. The van der Waals surface area contributed by atoms with Gasteiger partial charge in [-0.25, -0.2) is 41.5 Å². The van der Waals surface area contributed by atoms with Gasteiger partial charge < -0.3 is 5.32 Å². The molecule has 0 aliphatic carbocycles. The monoisotopic (exact) mass is 958 g/mol. The van der Waals surface area contributed by atoms with E-state index in [-0.39, 0.29) is 72.5 Å². The fourth-order valence-electron chi connectivity index (χ4n) is 7.15. The molecule has 7 rings (SSSR count). The number of aryl methyl sites for hydroxylation is 2. The average molecular weight is 959 g/mol. The molecule has 65 heavy (non-hydrogen) atoms. The van der Waals surface area contributed by atoms with Crippen LogP contribution in [-0.2, 0) is 44.8 Å². The summed E-state index contributed by atoms with van der Waals surface area (Å²) in [6.45, 7) is 3.08. The molecule has 2 aliphatic rings. The van der Waals surface area contributed by atoms with E-state index in [9.17, 15) is 57.5 Å². The summed E-state index contributed by atoms with van der Waals surface area (Å²) >= 11 is 0. The van der Waals surface area contributed by atoms with Gasteiger partial charge in [0.1, 0.15) is 23.9 Å². The molecule has 0 saturated carbocycles. The predicted molar refractivity (Wildman–Crippen MR) is 219 cm³/mol. The van der Waals surface area contributed by atoms with E-state index < -0.39 is 76.1 Å². The minimum atomic E-state index is -4.68. The normalized spacial score (nSPS) is 21.3. The molecule has 4 aromatic heterocycles. The van der Waals surface area contributed by atoms with Crippen LogP contribution >= 0.6 is 12.4 Å². The van der Waals surface area contributed by atoms with Gasteiger partial charge in [0, 0.05) is 80.0 Å². The maximum absolute atomic E-state index is 14.6. The highest BCUT2D eigenvalue weighted by atomic mass is 35.5. The van der Waals surface area contributed by atoms with Crippen molar-refractivity contribution in [2.75, 3.05) is 0 Å². The number of carbonyl (C=O) groups excluding carboxylic acids is 2. The Morgan fingerprint density at radius 1 is 0.692 bits per heavy atom. The topological polar surface area (TPSA) is 161 Å². The third-order valence-corrected chi connectivity index (χ3v) is 12.7. The quantitative estimate of drug-likeness (QED) is 0.121. The zero-order valence-electron chi connectivity index (χ0n) is 34.3. The summed E-state index contributed by atoms with van der Waals surface area (Å²) < 4.78 is 144. The fraction of sp³-hybridized carbons (Fsp3) is 0.381. The molecule has 23 heteroatoms. The van der Waals surface area contributed by atoms with Crippen molar-refractivity contribution in [2.45, 2.75) is 106 Å². The molecular formula is C42H40ClF9N8O4S. The van der Waals surface area contributed by atoms with Gasteiger partial charge in [0.15, 0.2) is 5.78 Å². The molecule has 0 bridgehead atoms. The molecule has 0 radical (unpaired) electrons. The number of pyridine rings is 2. The highest BCUT2D eigenvalue weighted by Crippen LogP contribution is 2.35. The van der Waals surface area contributed by atoms with E-state index >= 15 is 0 Å². The first-order valence-electron chi connectivity index (χ1n) is 19.7. The number of alkyl halides is 8. The second-order valence-corrected chi connectivity index (χ2v) is 17.0. The van der Waals surface area contributed by atoms with E-state index in [4.69, 9.17) is 0 Å². The number of Topliss-reactive ketones (excluding diaryl/α,β-unsaturated/α-hetero) is 2. The zero-order valence-corrected chi connectivity index (χ0v) is 35.9. The highest BCUT2D eigenvalue weighted by molar-refractivity contribution is 7.89. The van der Waals surface area contributed by atoms with Crippen LogP contribution in [0.25, 0.3) is 22.5 Å². The predicted octanol–water partition coefficient (Wildman–Crippen LogP) is 7.96. The lowest BCUT2D eigenvalue weighted by molar-refractivity contribution is -0.145. The third-order valence-electron chi connectivity index (χ3n) is 10.7. The summed E-state index contributed by atoms with van der Waals surface area (Å²) in [5.74, 6) is -3.68. The average Bonchev–Trinajstić information content (AvgIpc) is 3.77. The Balaban J connectivity index is 0.000000252. The number of rotatable bonds is 12. The van der Waals surface area contributed by atoms with Crippen molar-refractivity contribution in [3.05, 3.63) is 114 Å². The number of aromatic nitrogens is 6. The number of sulfonamides is 1. The fourth-order valence-corrected chi connectivity index (χ4v) is 8.99. The van der Waals surface area contributed by atoms with Crippen molar-refractivity contribution in [2.24, 2.45) is 0 Å². The molecule has 0 unspecified atom stereocenters. The van der Waals surface area contributed by atoms with Crippen LogP contribution in [0.1, 0.15) is 62.3 Å². The first-order chi connectivity index (χ1) is 30.1. The number of benzene rings is 1. The summed E-state index contributed by atoms with van der Waals surface area (Å²) in [6.07, 6.45) is -4.22. The Bertz CT molecular complexity index is 2530. The number of hydrogen-bond acceptors (Lipinski definition) is 11. The summed E-state index contributed by atoms with van der Waals surface area (Å²) in [6, 6.07) is 7.52. The molecule has 0 amide bonds. The van der Waals surface area contributed by atoms with E-state index in [0.29, 0.717) is 23.2 Å². The first kappa shape index (κ1) is 50.5.